The predicted molar refractivity (Wildman–Crippen MR) is 105 cm³/mol. The Morgan fingerprint density at radius 3 is 2.17 bits per heavy atom. The Morgan fingerprint density at radius 1 is 0.958 bits per heavy atom. The Balaban J connectivity index is 0.00000264. The molecule has 2 aromatic rings. The minimum atomic E-state index is 0. The lowest BCUT2D eigenvalue weighted by Crippen LogP contribution is -2.27. The van der Waals surface area contributed by atoms with Crippen molar-refractivity contribution in [2.75, 3.05) is 26.2 Å². The molecule has 1 aromatic heterocycles. The lowest BCUT2D eigenvalue weighted by molar-refractivity contribution is 0.0382. The van der Waals surface area contributed by atoms with Gasteiger partial charge >= 0.3 is 0 Å². The van der Waals surface area contributed by atoms with E-state index in [9.17, 15) is 0 Å². The summed E-state index contributed by atoms with van der Waals surface area (Å²) < 4.78 is 6.20. The van der Waals surface area contributed by atoms with Crippen LogP contribution < -0.4 is 0 Å². The van der Waals surface area contributed by atoms with Gasteiger partial charge in [0.25, 0.3) is 0 Å². The van der Waals surface area contributed by atoms with Crippen LogP contribution in [0.2, 0.25) is 0 Å². The highest BCUT2D eigenvalue weighted by Gasteiger charge is 2.13. The summed E-state index contributed by atoms with van der Waals surface area (Å²) in [6, 6.07) is 14.6. The molecule has 0 aliphatic heterocycles. The van der Waals surface area contributed by atoms with Gasteiger partial charge in [0, 0.05) is 25.4 Å². The van der Waals surface area contributed by atoms with Crippen molar-refractivity contribution >= 4 is 24.8 Å². The first-order valence-electron chi connectivity index (χ1n) is 8.11. The minimum Gasteiger partial charge on any atom is -0.372 e. The van der Waals surface area contributed by atoms with Gasteiger partial charge < -0.3 is 9.64 Å². The zero-order chi connectivity index (χ0) is 15.6. The zero-order valence-corrected chi connectivity index (χ0v) is 16.1. The molecule has 134 valence electrons. The maximum absolute atomic E-state index is 6.20. The van der Waals surface area contributed by atoms with Crippen molar-refractivity contribution in [1.29, 1.82) is 0 Å². The van der Waals surface area contributed by atoms with E-state index in [0.29, 0.717) is 0 Å². The molecule has 2 rings (SSSR count). The van der Waals surface area contributed by atoms with Gasteiger partial charge in [0.15, 0.2) is 0 Å². The molecule has 0 radical (unpaired) electrons. The molecule has 0 fully saturated rings. The number of ether oxygens (including phenoxy) is 1. The quantitative estimate of drug-likeness (QED) is 0.646. The summed E-state index contributed by atoms with van der Waals surface area (Å²) in [6.07, 6.45) is 4.64. The lowest BCUT2D eigenvalue weighted by atomic mass is 10.0. The van der Waals surface area contributed by atoms with Crippen molar-refractivity contribution < 1.29 is 4.74 Å². The maximum atomic E-state index is 6.20. The van der Waals surface area contributed by atoms with Gasteiger partial charge in [-0.3, -0.25) is 4.98 Å². The third-order valence-electron chi connectivity index (χ3n) is 3.96. The Bertz CT molecular complexity index is 521. The fraction of sp³-hybridized carbons (Fsp3) is 0.421. The van der Waals surface area contributed by atoms with Gasteiger partial charge in [0.2, 0.25) is 0 Å². The molecule has 0 saturated heterocycles. The van der Waals surface area contributed by atoms with E-state index in [1.54, 1.807) is 0 Å². The normalized spacial score (nSPS) is 11.5. The van der Waals surface area contributed by atoms with Crippen LogP contribution in [0.15, 0.2) is 54.9 Å². The molecule has 0 aliphatic carbocycles. The summed E-state index contributed by atoms with van der Waals surface area (Å²) in [7, 11) is 0. The maximum Gasteiger partial charge on any atom is 0.0866 e. The van der Waals surface area contributed by atoms with E-state index >= 15 is 0 Å². The smallest absolute Gasteiger partial charge is 0.0866 e. The van der Waals surface area contributed by atoms with E-state index < -0.39 is 0 Å². The number of hydrogen-bond donors (Lipinski definition) is 0. The van der Waals surface area contributed by atoms with Gasteiger partial charge in [-0.1, -0.05) is 44.2 Å². The van der Waals surface area contributed by atoms with E-state index in [0.717, 1.165) is 32.7 Å². The van der Waals surface area contributed by atoms with Crippen LogP contribution in [0.4, 0.5) is 0 Å². The molecule has 0 spiro atoms. The Labute approximate surface area is 158 Å². The van der Waals surface area contributed by atoms with Crippen molar-refractivity contribution in [2.45, 2.75) is 26.4 Å². The summed E-state index contributed by atoms with van der Waals surface area (Å²) in [6.45, 7) is 8.24. The molecule has 0 aliphatic rings. The SMILES string of the molecule is CCN(CC)CCOC(Cc1ccccc1)c1ccncc1.Cl.Cl. The van der Waals surface area contributed by atoms with Gasteiger partial charge in [0.05, 0.1) is 12.7 Å². The molecule has 3 nitrogen and oxygen atoms in total. The second kappa shape index (κ2) is 13.2. The fourth-order valence-corrected chi connectivity index (χ4v) is 2.54. The van der Waals surface area contributed by atoms with Crippen molar-refractivity contribution in [2.24, 2.45) is 0 Å². The predicted octanol–water partition coefficient (Wildman–Crippen LogP) is 4.57. The molecule has 0 N–H and O–H groups in total. The van der Waals surface area contributed by atoms with Crippen molar-refractivity contribution in [3.63, 3.8) is 0 Å². The van der Waals surface area contributed by atoms with Gasteiger partial charge in [-0.15, -0.1) is 24.8 Å². The highest BCUT2D eigenvalue weighted by Crippen LogP contribution is 2.21. The first-order valence-corrected chi connectivity index (χ1v) is 8.11. The topological polar surface area (TPSA) is 25.4 Å². The van der Waals surface area contributed by atoms with Crippen molar-refractivity contribution in [3.8, 4) is 0 Å². The monoisotopic (exact) mass is 370 g/mol. The molecule has 1 unspecified atom stereocenters. The van der Waals surface area contributed by atoms with Crippen LogP contribution >= 0.6 is 24.8 Å². The second-order valence-corrected chi connectivity index (χ2v) is 5.36. The molecular formula is C19H28Cl2N2O. The largest absolute Gasteiger partial charge is 0.372 e. The zero-order valence-electron chi connectivity index (χ0n) is 14.4. The van der Waals surface area contributed by atoms with Crippen LogP contribution in [0.3, 0.4) is 0 Å². The molecule has 0 saturated carbocycles. The molecule has 0 amide bonds. The number of hydrogen-bond acceptors (Lipinski definition) is 3. The van der Waals surface area contributed by atoms with Crippen molar-refractivity contribution in [3.05, 3.63) is 66.0 Å². The number of benzene rings is 1. The molecule has 1 atom stereocenters. The van der Waals surface area contributed by atoms with Gasteiger partial charge in [0.1, 0.15) is 0 Å². The first kappa shape index (κ1) is 22.9. The van der Waals surface area contributed by atoms with Crippen LogP contribution in [0, 0.1) is 0 Å². The third kappa shape index (κ3) is 7.63. The number of pyridine rings is 1. The number of nitrogens with zero attached hydrogens (tertiary/aromatic N) is 2. The van der Waals surface area contributed by atoms with E-state index in [4.69, 9.17) is 4.74 Å². The van der Waals surface area contributed by atoms with Crippen LogP contribution in [-0.2, 0) is 11.2 Å². The lowest BCUT2D eigenvalue weighted by Gasteiger charge is -2.22. The average molecular weight is 371 g/mol. The summed E-state index contributed by atoms with van der Waals surface area (Å²) in [5.41, 5.74) is 2.49. The van der Waals surface area contributed by atoms with Crippen molar-refractivity contribution in [1.82, 2.24) is 9.88 Å². The highest BCUT2D eigenvalue weighted by atomic mass is 35.5. The van der Waals surface area contributed by atoms with E-state index in [1.165, 1.54) is 11.1 Å². The minimum absolute atomic E-state index is 0. The number of halogens is 2. The molecule has 5 heteroatoms. The third-order valence-corrected chi connectivity index (χ3v) is 3.96. The van der Waals surface area contributed by atoms with E-state index in [2.05, 4.69) is 48.0 Å². The molecule has 1 aromatic carbocycles. The number of likely N-dealkylation sites (N-methyl/N-ethyl adjacent to an activating group) is 1. The summed E-state index contributed by atoms with van der Waals surface area (Å²) >= 11 is 0. The highest BCUT2D eigenvalue weighted by molar-refractivity contribution is 5.85. The standard InChI is InChI=1S/C19H26N2O.2ClH/c1-3-21(4-2)14-15-22-19(18-10-12-20-13-11-18)16-17-8-6-5-7-9-17;;/h5-13,19H,3-4,14-16H2,1-2H3;2*1H. The van der Waals surface area contributed by atoms with Gasteiger partial charge in [-0.25, -0.2) is 0 Å². The Kier molecular flexibility index (Phi) is 12.6. The first-order chi connectivity index (χ1) is 10.8. The Morgan fingerprint density at radius 2 is 1.58 bits per heavy atom. The van der Waals surface area contributed by atoms with E-state index in [-0.39, 0.29) is 30.9 Å². The van der Waals surface area contributed by atoms with Crippen LogP contribution in [-0.4, -0.2) is 36.1 Å². The Hall–Kier alpha value is -1.13. The van der Waals surface area contributed by atoms with Gasteiger partial charge in [-0.05, 0) is 36.3 Å². The molecule has 0 bridgehead atoms. The van der Waals surface area contributed by atoms with Crippen LogP contribution in [0.1, 0.15) is 31.1 Å². The van der Waals surface area contributed by atoms with Crippen LogP contribution in [0.5, 0.6) is 0 Å². The number of aromatic nitrogens is 1. The molecule has 24 heavy (non-hydrogen) atoms. The van der Waals surface area contributed by atoms with Crippen LogP contribution in [0.25, 0.3) is 0 Å². The molecular weight excluding hydrogens is 343 g/mol. The summed E-state index contributed by atoms with van der Waals surface area (Å²) in [5, 5.41) is 0. The molecule has 1 heterocycles. The summed E-state index contributed by atoms with van der Waals surface area (Å²) in [4.78, 5) is 6.49. The average Bonchev–Trinajstić information content (AvgIpc) is 2.59. The number of rotatable bonds is 9. The summed E-state index contributed by atoms with van der Waals surface area (Å²) in [5.74, 6) is 0. The van der Waals surface area contributed by atoms with E-state index in [1.807, 2.05) is 30.6 Å². The fourth-order valence-electron chi connectivity index (χ4n) is 2.54. The second-order valence-electron chi connectivity index (χ2n) is 5.36. The van der Waals surface area contributed by atoms with Gasteiger partial charge in [-0.2, -0.15) is 0 Å².